The number of carbonyl (C=O) groups is 1. The third kappa shape index (κ3) is 6.01. The van der Waals surface area contributed by atoms with Gasteiger partial charge in [0.25, 0.3) is 0 Å². The fourth-order valence-corrected chi connectivity index (χ4v) is 2.54. The second kappa shape index (κ2) is 10.5. The molecule has 2 rings (SSSR count). The zero-order valence-electron chi connectivity index (χ0n) is 14.0. The summed E-state index contributed by atoms with van der Waals surface area (Å²) in [5.41, 5.74) is 2.61. The molecule has 0 fully saturated rings. The summed E-state index contributed by atoms with van der Waals surface area (Å²) in [6.45, 7) is 7.45. The van der Waals surface area contributed by atoms with E-state index in [1.807, 2.05) is 17.9 Å². The van der Waals surface area contributed by atoms with Crippen molar-refractivity contribution < 1.29 is 4.79 Å². The fraction of sp³-hybridized carbons (Fsp3) is 0.529. The van der Waals surface area contributed by atoms with Gasteiger partial charge in [0.1, 0.15) is 6.54 Å². The number of benzene rings is 1. The van der Waals surface area contributed by atoms with Crippen LogP contribution in [0.15, 0.2) is 29.3 Å². The van der Waals surface area contributed by atoms with Crippen molar-refractivity contribution in [3.8, 4) is 0 Å². The number of hydrogen-bond acceptors (Lipinski definition) is 2. The van der Waals surface area contributed by atoms with Crippen LogP contribution in [0.5, 0.6) is 0 Å². The van der Waals surface area contributed by atoms with Gasteiger partial charge in [-0.3, -0.25) is 4.79 Å². The van der Waals surface area contributed by atoms with Gasteiger partial charge >= 0.3 is 0 Å². The molecule has 0 spiro atoms. The Morgan fingerprint density at radius 1 is 1.22 bits per heavy atom. The van der Waals surface area contributed by atoms with Gasteiger partial charge in [-0.25, -0.2) is 4.99 Å². The van der Waals surface area contributed by atoms with E-state index in [2.05, 4.69) is 40.7 Å². The van der Waals surface area contributed by atoms with Crippen LogP contribution < -0.4 is 10.6 Å². The lowest BCUT2D eigenvalue weighted by atomic mass is 10.00. The first kappa shape index (κ1) is 19.7. The molecular formula is C17H27IN4O. The average Bonchev–Trinajstić information content (AvgIpc) is 2.56. The van der Waals surface area contributed by atoms with Crippen molar-refractivity contribution in [3.63, 3.8) is 0 Å². The highest BCUT2D eigenvalue weighted by Gasteiger charge is 2.19. The van der Waals surface area contributed by atoms with Crippen molar-refractivity contribution in [3.05, 3.63) is 35.4 Å². The first-order valence-corrected chi connectivity index (χ1v) is 8.11. The molecule has 0 bridgehead atoms. The molecule has 1 aromatic rings. The van der Waals surface area contributed by atoms with Crippen LogP contribution in [0.4, 0.5) is 0 Å². The molecule has 128 valence electrons. The quantitative estimate of drug-likeness (QED) is 0.428. The summed E-state index contributed by atoms with van der Waals surface area (Å²) in [5, 5.41) is 6.37. The van der Waals surface area contributed by atoms with Gasteiger partial charge in [-0.15, -0.1) is 24.0 Å². The zero-order chi connectivity index (χ0) is 15.8. The van der Waals surface area contributed by atoms with Gasteiger partial charge in [-0.05, 0) is 30.9 Å². The molecular weight excluding hydrogens is 403 g/mol. The van der Waals surface area contributed by atoms with Crippen molar-refractivity contribution in [2.24, 2.45) is 4.99 Å². The Kier molecular flexibility index (Phi) is 8.98. The number of halogens is 1. The largest absolute Gasteiger partial charge is 0.357 e. The topological polar surface area (TPSA) is 56.7 Å². The number of carbonyl (C=O) groups excluding carboxylic acids is 1. The molecule has 0 atom stereocenters. The Labute approximate surface area is 156 Å². The highest BCUT2D eigenvalue weighted by Crippen LogP contribution is 2.18. The third-order valence-corrected chi connectivity index (χ3v) is 3.74. The van der Waals surface area contributed by atoms with Gasteiger partial charge in [0.05, 0.1) is 0 Å². The van der Waals surface area contributed by atoms with E-state index in [4.69, 9.17) is 0 Å². The summed E-state index contributed by atoms with van der Waals surface area (Å²) in [6.07, 6.45) is 1.96. The molecule has 23 heavy (non-hydrogen) atoms. The van der Waals surface area contributed by atoms with Crippen LogP contribution in [-0.2, 0) is 17.8 Å². The van der Waals surface area contributed by atoms with E-state index in [1.165, 1.54) is 11.1 Å². The van der Waals surface area contributed by atoms with Crippen LogP contribution in [0.25, 0.3) is 0 Å². The monoisotopic (exact) mass is 430 g/mol. The van der Waals surface area contributed by atoms with Crippen LogP contribution in [0.2, 0.25) is 0 Å². The molecule has 0 radical (unpaired) electrons. The van der Waals surface area contributed by atoms with Gasteiger partial charge < -0.3 is 15.5 Å². The van der Waals surface area contributed by atoms with E-state index >= 15 is 0 Å². The second-order valence-corrected chi connectivity index (χ2v) is 5.46. The summed E-state index contributed by atoms with van der Waals surface area (Å²) in [5.74, 6) is 0.804. The number of nitrogens with zero attached hydrogens (tertiary/aromatic N) is 2. The molecule has 0 aliphatic carbocycles. The first-order chi connectivity index (χ1) is 10.7. The van der Waals surface area contributed by atoms with Gasteiger partial charge in [-0.2, -0.15) is 0 Å². The number of amides is 1. The Hall–Kier alpha value is -1.31. The molecule has 1 aliphatic heterocycles. The minimum Gasteiger partial charge on any atom is -0.357 e. The lowest BCUT2D eigenvalue weighted by Crippen LogP contribution is -2.40. The maximum atomic E-state index is 12.4. The maximum absolute atomic E-state index is 12.4. The normalized spacial score (nSPS) is 13.8. The van der Waals surface area contributed by atoms with Crippen LogP contribution in [-0.4, -0.2) is 42.9 Å². The molecule has 1 heterocycles. The van der Waals surface area contributed by atoms with Crippen LogP contribution in [0, 0.1) is 0 Å². The first-order valence-electron chi connectivity index (χ1n) is 8.11. The van der Waals surface area contributed by atoms with Gasteiger partial charge in [-0.1, -0.05) is 31.2 Å². The van der Waals surface area contributed by atoms with Crippen LogP contribution >= 0.6 is 24.0 Å². The number of rotatable bonds is 5. The summed E-state index contributed by atoms with van der Waals surface area (Å²) in [4.78, 5) is 18.6. The zero-order valence-corrected chi connectivity index (χ0v) is 16.3. The maximum Gasteiger partial charge on any atom is 0.244 e. The van der Waals surface area contributed by atoms with E-state index in [-0.39, 0.29) is 36.4 Å². The van der Waals surface area contributed by atoms with Crippen molar-refractivity contribution in [2.75, 3.05) is 26.2 Å². The number of nitrogens with one attached hydrogen (secondary N) is 2. The minimum atomic E-state index is 0. The summed E-state index contributed by atoms with van der Waals surface area (Å²) in [7, 11) is 0. The van der Waals surface area contributed by atoms with E-state index in [9.17, 15) is 4.79 Å². The van der Waals surface area contributed by atoms with E-state index < -0.39 is 0 Å². The molecule has 1 amide bonds. The highest BCUT2D eigenvalue weighted by atomic mass is 127. The van der Waals surface area contributed by atoms with Crippen molar-refractivity contribution in [1.29, 1.82) is 0 Å². The van der Waals surface area contributed by atoms with Crippen LogP contribution in [0.3, 0.4) is 0 Å². The molecule has 5 nitrogen and oxygen atoms in total. The summed E-state index contributed by atoms with van der Waals surface area (Å²) < 4.78 is 0. The SMILES string of the molecule is CCCNC(=NCC(=O)N1CCc2ccccc2C1)NCC.I. The van der Waals surface area contributed by atoms with Gasteiger partial charge in [0, 0.05) is 26.2 Å². The number of aliphatic imine (C=N–C) groups is 1. The highest BCUT2D eigenvalue weighted by molar-refractivity contribution is 14.0. The molecule has 2 N–H and O–H groups in total. The summed E-state index contributed by atoms with van der Waals surface area (Å²) >= 11 is 0. The molecule has 1 aliphatic rings. The lowest BCUT2D eigenvalue weighted by Gasteiger charge is -2.28. The Balaban J connectivity index is 0.00000264. The van der Waals surface area contributed by atoms with Crippen molar-refractivity contribution in [2.45, 2.75) is 33.2 Å². The van der Waals surface area contributed by atoms with Crippen molar-refractivity contribution >= 4 is 35.8 Å². The van der Waals surface area contributed by atoms with Gasteiger partial charge in [0.2, 0.25) is 5.91 Å². The Morgan fingerprint density at radius 2 is 1.96 bits per heavy atom. The second-order valence-electron chi connectivity index (χ2n) is 5.46. The predicted molar refractivity (Wildman–Crippen MR) is 105 cm³/mol. The number of hydrogen-bond donors (Lipinski definition) is 2. The fourth-order valence-electron chi connectivity index (χ4n) is 2.54. The molecule has 0 unspecified atom stereocenters. The standard InChI is InChI=1S/C17H26N4O.HI/c1-3-10-19-17(18-4-2)20-12-16(22)21-11-9-14-7-5-6-8-15(14)13-21;/h5-8H,3-4,9-13H2,1-2H3,(H2,18,19,20);1H. The predicted octanol–water partition coefficient (Wildman–Crippen LogP) is 2.15. The van der Waals surface area contributed by atoms with E-state index in [0.29, 0.717) is 6.54 Å². The number of guanidine groups is 1. The average molecular weight is 430 g/mol. The smallest absolute Gasteiger partial charge is 0.244 e. The summed E-state index contributed by atoms with van der Waals surface area (Å²) in [6, 6.07) is 8.34. The van der Waals surface area contributed by atoms with Gasteiger partial charge in [0.15, 0.2) is 5.96 Å². The lowest BCUT2D eigenvalue weighted by molar-refractivity contribution is -0.130. The third-order valence-electron chi connectivity index (χ3n) is 3.74. The number of fused-ring (bicyclic) bond motifs is 1. The Morgan fingerprint density at radius 3 is 2.65 bits per heavy atom. The van der Waals surface area contributed by atoms with Crippen molar-refractivity contribution in [1.82, 2.24) is 15.5 Å². The van der Waals surface area contributed by atoms with E-state index in [0.717, 1.165) is 38.4 Å². The molecule has 0 saturated carbocycles. The Bertz CT molecular complexity index is 533. The van der Waals surface area contributed by atoms with E-state index in [1.54, 1.807) is 0 Å². The molecule has 0 saturated heterocycles. The minimum absolute atomic E-state index is 0. The molecule has 6 heteroatoms. The molecule has 0 aromatic heterocycles. The van der Waals surface area contributed by atoms with Crippen LogP contribution in [0.1, 0.15) is 31.4 Å². The molecule has 1 aromatic carbocycles.